The Hall–Kier alpha value is -0.770. The molecule has 4 heteroatoms. The molecule has 0 amide bonds. The van der Waals surface area contributed by atoms with Crippen molar-refractivity contribution in [2.24, 2.45) is 0 Å². The second-order valence-corrected chi connectivity index (χ2v) is 2.30. The number of hydrogen-bond donors (Lipinski definition) is 0. The van der Waals surface area contributed by atoms with Gasteiger partial charge in [-0.05, 0) is 12.8 Å². The molecular weight excluding hydrogens is 137 g/mol. The van der Waals surface area contributed by atoms with E-state index in [4.69, 9.17) is 0 Å². The third-order valence-corrected chi connectivity index (χ3v) is 1.63. The van der Waals surface area contributed by atoms with E-state index in [0.717, 1.165) is 0 Å². The fourth-order valence-corrected chi connectivity index (χ4v) is 1.09. The number of Topliss-reactive ketones (excluding diaryl/α,β-unsaturated/α-hetero) is 1. The number of carbonyl (C=O) groups excluding carboxylic acids is 2. The monoisotopic (exact) mass is 145 g/mol. The molecule has 1 heterocycles. The Kier molecular flexibility index (Phi) is 2.11. The number of carbonyl (C=O) groups is 2. The topological polar surface area (TPSA) is 37.4 Å². The van der Waals surface area contributed by atoms with E-state index in [1.165, 1.54) is 0 Å². The molecule has 1 fully saturated rings. The summed E-state index contributed by atoms with van der Waals surface area (Å²) in [7, 11) is 0. The minimum atomic E-state index is -0.794. The van der Waals surface area contributed by atoms with E-state index in [1.807, 2.05) is 0 Å². The van der Waals surface area contributed by atoms with Crippen LogP contribution in [0.3, 0.4) is 0 Å². The lowest BCUT2D eigenvalue weighted by atomic mass is 10.1. The van der Waals surface area contributed by atoms with E-state index in [0.29, 0.717) is 18.0 Å². The van der Waals surface area contributed by atoms with Crippen LogP contribution in [0.1, 0.15) is 12.8 Å². The van der Waals surface area contributed by atoms with Crippen LogP contribution in [-0.4, -0.2) is 29.8 Å². The van der Waals surface area contributed by atoms with Crippen LogP contribution in [0.2, 0.25) is 0 Å². The zero-order valence-corrected chi connectivity index (χ0v) is 5.42. The highest BCUT2D eigenvalue weighted by molar-refractivity contribution is 6.27. The first kappa shape index (κ1) is 7.34. The SMILES string of the molecule is O=CC(=O)C1CCCN1F. The maximum Gasteiger partial charge on any atom is 0.214 e. The average molecular weight is 145 g/mol. The van der Waals surface area contributed by atoms with Crippen LogP contribution in [0.15, 0.2) is 0 Å². The summed E-state index contributed by atoms with van der Waals surface area (Å²) in [5.41, 5.74) is 0. The molecule has 0 radical (unpaired) electrons. The molecule has 0 aromatic heterocycles. The molecule has 1 saturated heterocycles. The zero-order chi connectivity index (χ0) is 7.56. The fraction of sp³-hybridized carbons (Fsp3) is 0.667. The summed E-state index contributed by atoms with van der Waals surface area (Å²) in [6.45, 7) is 0.268. The minimum Gasteiger partial charge on any atom is -0.295 e. The summed E-state index contributed by atoms with van der Waals surface area (Å²) in [6, 6.07) is -0.794. The maximum absolute atomic E-state index is 12.5. The summed E-state index contributed by atoms with van der Waals surface area (Å²) in [5, 5.41) is 0.427. The Balaban J connectivity index is 2.54. The van der Waals surface area contributed by atoms with Crippen LogP contribution in [-0.2, 0) is 9.59 Å². The van der Waals surface area contributed by atoms with Crippen molar-refractivity contribution in [3.63, 3.8) is 0 Å². The quantitative estimate of drug-likeness (QED) is 0.314. The Morgan fingerprint density at radius 3 is 2.80 bits per heavy atom. The van der Waals surface area contributed by atoms with E-state index in [1.54, 1.807) is 0 Å². The van der Waals surface area contributed by atoms with Crippen molar-refractivity contribution >= 4 is 12.1 Å². The van der Waals surface area contributed by atoms with Crippen LogP contribution in [0.4, 0.5) is 4.48 Å². The number of hydrogen-bond acceptors (Lipinski definition) is 3. The van der Waals surface area contributed by atoms with Crippen LogP contribution < -0.4 is 0 Å². The lowest BCUT2D eigenvalue weighted by Gasteiger charge is -2.08. The first-order valence-corrected chi connectivity index (χ1v) is 3.17. The normalized spacial score (nSPS) is 26.7. The summed E-state index contributed by atoms with van der Waals surface area (Å²) in [6.07, 6.45) is 1.30. The molecule has 0 bridgehead atoms. The molecule has 0 saturated carbocycles. The van der Waals surface area contributed by atoms with Crippen molar-refractivity contribution in [1.29, 1.82) is 0 Å². The van der Waals surface area contributed by atoms with Crippen LogP contribution >= 0.6 is 0 Å². The molecule has 1 rings (SSSR count). The molecule has 1 unspecified atom stereocenters. The number of halogens is 1. The predicted molar refractivity (Wildman–Crippen MR) is 31.9 cm³/mol. The first-order valence-electron chi connectivity index (χ1n) is 3.17. The van der Waals surface area contributed by atoms with E-state index < -0.39 is 11.8 Å². The molecule has 0 aliphatic carbocycles. The minimum absolute atomic E-state index is 0.183. The van der Waals surface area contributed by atoms with Gasteiger partial charge in [-0.15, -0.1) is 9.60 Å². The molecule has 0 aromatic rings. The maximum atomic E-state index is 12.5. The molecule has 1 aliphatic rings. The smallest absolute Gasteiger partial charge is 0.214 e. The van der Waals surface area contributed by atoms with Crippen LogP contribution in [0.5, 0.6) is 0 Å². The van der Waals surface area contributed by atoms with Crippen molar-refractivity contribution in [3.8, 4) is 0 Å². The summed E-state index contributed by atoms with van der Waals surface area (Å²) < 4.78 is 12.5. The Morgan fingerprint density at radius 1 is 1.70 bits per heavy atom. The van der Waals surface area contributed by atoms with Crippen molar-refractivity contribution in [3.05, 3.63) is 0 Å². The summed E-state index contributed by atoms with van der Waals surface area (Å²) in [5.74, 6) is -0.653. The predicted octanol–water partition coefficient (Wildman–Crippen LogP) is 0.103. The highest BCUT2D eigenvalue weighted by atomic mass is 19.2. The number of ketones is 1. The molecule has 1 aliphatic heterocycles. The van der Waals surface area contributed by atoms with E-state index in [-0.39, 0.29) is 12.8 Å². The number of nitrogens with zero attached hydrogens (tertiary/aromatic N) is 1. The lowest BCUT2D eigenvalue weighted by Crippen LogP contribution is -2.30. The standard InChI is InChI=1S/C6H8FNO2/c7-8-3-1-2-5(8)6(10)4-9/h4-5H,1-3H2. The van der Waals surface area contributed by atoms with Crippen molar-refractivity contribution < 1.29 is 14.1 Å². The van der Waals surface area contributed by atoms with Gasteiger partial charge >= 0.3 is 0 Å². The Bertz CT molecular complexity index is 160. The highest BCUT2D eigenvalue weighted by Gasteiger charge is 2.30. The molecule has 0 aromatic carbocycles. The molecule has 0 N–H and O–H groups in total. The second-order valence-electron chi connectivity index (χ2n) is 2.30. The largest absolute Gasteiger partial charge is 0.295 e. The highest BCUT2D eigenvalue weighted by Crippen LogP contribution is 2.16. The molecule has 1 atom stereocenters. The number of aldehydes is 1. The van der Waals surface area contributed by atoms with E-state index in [2.05, 4.69) is 0 Å². The average Bonchev–Trinajstić information content (AvgIpc) is 2.34. The van der Waals surface area contributed by atoms with Gasteiger partial charge in [-0.2, -0.15) is 0 Å². The molecule has 0 spiro atoms. The van der Waals surface area contributed by atoms with Crippen molar-refractivity contribution in [1.82, 2.24) is 5.12 Å². The fourth-order valence-electron chi connectivity index (χ4n) is 1.09. The van der Waals surface area contributed by atoms with Gasteiger partial charge in [0.15, 0.2) is 6.29 Å². The van der Waals surface area contributed by atoms with Crippen LogP contribution in [0, 0.1) is 0 Å². The van der Waals surface area contributed by atoms with Gasteiger partial charge in [0, 0.05) is 6.54 Å². The molecule has 56 valence electrons. The third kappa shape index (κ3) is 1.21. The van der Waals surface area contributed by atoms with Gasteiger partial charge in [-0.1, -0.05) is 0 Å². The summed E-state index contributed by atoms with van der Waals surface area (Å²) >= 11 is 0. The zero-order valence-electron chi connectivity index (χ0n) is 5.42. The molecule has 3 nitrogen and oxygen atoms in total. The second kappa shape index (κ2) is 2.88. The van der Waals surface area contributed by atoms with Gasteiger partial charge in [0.2, 0.25) is 5.78 Å². The summed E-state index contributed by atoms with van der Waals surface area (Å²) in [4.78, 5) is 20.5. The van der Waals surface area contributed by atoms with Crippen molar-refractivity contribution in [2.45, 2.75) is 18.9 Å². The Labute approximate surface area is 57.7 Å². The van der Waals surface area contributed by atoms with Crippen LogP contribution in [0.25, 0.3) is 0 Å². The van der Waals surface area contributed by atoms with Crippen molar-refractivity contribution in [2.75, 3.05) is 6.54 Å². The first-order chi connectivity index (χ1) is 4.75. The van der Waals surface area contributed by atoms with Gasteiger partial charge < -0.3 is 0 Å². The molecular formula is C6H8FNO2. The third-order valence-electron chi connectivity index (χ3n) is 1.63. The van der Waals surface area contributed by atoms with Gasteiger partial charge in [-0.3, -0.25) is 9.59 Å². The van der Waals surface area contributed by atoms with E-state index >= 15 is 0 Å². The van der Waals surface area contributed by atoms with E-state index in [9.17, 15) is 14.1 Å². The lowest BCUT2D eigenvalue weighted by molar-refractivity contribution is -0.136. The number of rotatable bonds is 2. The van der Waals surface area contributed by atoms with Gasteiger partial charge in [0.25, 0.3) is 0 Å². The Morgan fingerprint density at radius 2 is 2.40 bits per heavy atom. The van der Waals surface area contributed by atoms with Gasteiger partial charge in [0.1, 0.15) is 6.04 Å². The van der Waals surface area contributed by atoms with Gasteiger partial charge in [-0.25, -0.2) is 0 Å². The van der Waals surface area contributed by atoms with Gasteiger partial charge in [0.05, 0.1) is 0 Å². The molecule has 10 heavy (non-hydrogen) atoms.